The van der Waals surface area contributed by atoms with Crippen molar-refractivity contribution in [1.29, 1.82) is 0 Å². The van der Waals surface area contributed by atoms with Crippen LogP contribution >= 0.6 is 0 Å². The van der Waals surface area contributed by atoms with E-state index in [-0.39, 0.29) is 17.2 Å². The third kappa shape index (κ3) is 6.97. The van der Waals surface area contributed by atoms with Crippen molar-refractivity contribution >= 4 is 18.0 Å². The Morgan fingerprint density at radius 1 is 1.22 bits per heavy atom. The number of allylic oxidation sites excluding steroid dienone is 2. The van der Waals surface area contributed by atoms with Gasteiger partial charge in [-0.25, -0.2) is 9.59 Å². The van der Waals surface area contributed by atoms with Gasteiger partial charge in [0.1, 0.15) is 17.1 Å². The first kappa shape index (κ1) is 24.7. The number of nitrogens with one attached hydrogen (secondary N) is 1. The summed E-state index contributed by atoms with van der Waals surface area (Å²) in [6.07, 6.45) is 6.60. The van der Waals surface area contributed by atoms with Crippen LogP contribution in [0.5, 0.6) is 5.75 Å². The van der Waals surface area contributed by atoms with Gasteiger partial charge in [-0.1, -0.05) is 50.6 Å². The van der Waals surface area contributed by atoms with E-state index in [1.807, 2.05) is 31.2 Å². The van der Waals surface area contributed by atoms with Crippen molar-refractivity contribution in [2.45, 2.75) is 52.4 Å². The Morgan fingerprint density at radius 2 is 1.91 bits per heavy atom. The minimum absolute atomic E-state index is 0.217. The highest BCUT2D eigenvalue weighted by Gasteiger charge is 2.22. The van der Waals surface area contributed by atoms with Crippen molar-refractivity contribution in [2.75, 3.05) is 0 Å². The molecule has 170 valence electrons. The van der Waals surface area contributed by atoms with Gasteiger partial charge in [-0.3, -0.25) is 10.1 Å². The van der Waals surface area contributed by atoms with Crippen molar-refractivity contribution in [1.82, 2.24) is 5.32 Å². The second-order valence-corrected chi connectivity index (χ2v) is 7.67. The van der Waals surface area contributed by atoms with Crippen LogP contribution in [0.1, 0.15) is 73.2 Å². The number of amides is 1. The van der Waals surface area contributed by atoms with Crippen molar-refractivity contribution in [2.24, 2.45) is 0 Å². The standard InChI is InChI=1S/C25H29NO6/c1-4-7-18-9-11-19(12-10-18)14-17(3)23(28)22-20(27)15-21(32-24(22)29)16(2)8-5-6-13-26-25(30)31/h6,9-16,26-27H,4-5,7-8H2,1-3H3,(H,30,31)/b13-6+,17-14+. The van der Waals surface area contributed by atoms with Crippen LogP contribution in [-0.4, -0.2) is 22.1 Å². The molecule has 1 aromatic heterocycles. The number of Topliss-reactive ketones (excluding diaryl/α,β-unsaturated/α-hetero) is 1. The van der Waals surface area contributed by atoms with Gasteiger partial charge < -0.3 is 14.6 Å². The summed E-state index contributed by atoms with van der Waals surface area (Å²) in [5.41, 5.74) is 1.09. The maximum atomic E-state index is 12.8. The maximum absolute atomic E-state index is 12.8. The number of benzene rings is 1. The molecule has 1 heterocycles. The third-order valence-corrected chi connectivity index (χ3v) is 5.01. The summed E-state index contributed by atoms with van der Waals surface area (Å²) in [4.78, 5) is 35.7. The van der Waals surface area contributed by atoms with E-state index in [1.54, 1.807) is 19.1 Å². The van der Waals surface area contributed by atoms with Gasteiger partial charge in [-0.05, 0) is 49.0 Å². The molecule has 0 saturated heterocycles. The molecule has 1 atom stereocenters. The molecule has 0 bridgehead atoms. The van der Waals surface area contributed by atoms with E-state index >= 15 is 0 Å². The lowest BCUT2D eigenvalue weighted by atomic mass is 9.99. The van der Waals surface area contributed by atoms with Crippen LogP contribution in [0.4, 0.5) is 4.79 Å². The molecule has 1 unspecified atom stereocenters. The lowest BCUT2D eigenvalue weighted by Gasteiger charge is -2.11. The second kappa shape index (κ2) is 11.7. The van der Waals surface area contributed by atoms with Crippen molar-refractivity contribution < 1.29 is 24.2 Å². The number of hydrogen-bond acceptors (Lipinski definition) is 5. The highest BCUT2D eigenvalue weighted by Crippen LogP contribution is 2.26. The Labute approximate surface area is 187 Å². The highest BCUT2D eigenvalue weighted by molar-refractivity contribution is 6.12. The number of carboxylic acid groups (broad SMARTS) is 1. The molecule has 0 radical (unpaired) electrons. The average molecular weight is 440 g/mol. The van der Waals surface area contributed by atoms with Crippen molar-refractivity contribution in [3.8, 4) is 5.75 Å². The first-order valence-electron chi connectivity index (χ1n) is 10.6. The molecule has 0 fully saturated rings. The molecule has 3 N–H and O–H groups in total. The molecular weight excluding hydrogens is 410 g/mol. The zero-order valence-electron chi connectivity index (χ0n) is 18.6. The Morgan fingerprint density at radius 3 is 2.50 bits per heavy atom. The largest absolute Gasteiger partial charge is 0.507 e. The molecule has 1 aromatic carbocycles. The predicted octanol–water partition coefficient (Wildman–Crippen LogP) is 5.25. The highest BCUT2D eigenvalue weighted by atomic mass is 16.4. The Hall–Kier alpha value is -3.61. The van der Waals surface area contributed by atoms with Crippen LogP contribution in [0, 0.1) is 0 Å². The number of aromatic hydroxyl groups is 1. The molecule has 32 heavy (non-hydrogen) atoms. The van der Waals surface area contributed by atoms with Gasteiger partial charge in [0.15, 0.2) is 5.78 Å². The zero-order chi connectivity index (χ0) is 23.7. The second-order valence-electron chi connectivity index (χ2n) is 7.67. The van der Waals surface area contributed by atoms with Gasteiger partial charge in [0.25, 0.3) is 0 Å². The SMILES string of the molecule is CCCc1ccc(/C=C(\C)C(=O)c2c(O)cc(C(C)CC/C=C/NC(=O)O)oc2=O)cc1. The number of ketones is 1. The molecule has 0 saturated carbocycles. The van der Waals surface area contributed by atoms with Crippen LogP contribution in [0.25, 0.3) is 6.08 Å². The van der Waals surface area contributed by atoms with E-state index in [0.29, 0.717) is 18.4 Å². The number of carbonyl (C=O) groups is 2. The van der Waals surface area contributed by atoms with Gasteiger partial charge in [-0.15, -0.1) is 0 Å². The Bertz CT molecular complexity index is 1060. The lowest BCUT2D eigenvalue weighted by Crippen LogP contribution is -2.16. The number of aryl methyl sites for hydroxylation is 1. The Balaban J connectivity index is 2.14. The predicted molar refractivity (Wildman–Crippen MR) is 123 cm³/mol. The molecule has 2 aromatic rings. The first-order chi connectivity index (χ1) is 15.2. The molecule has 0 aliphatic carbocycles. The summed E-state index contributed by atoms with van der Waals surface area (Å²) in [7, 11) is 0. The normalized spacial score (nSPS) is 12.7. The first-order valence-corrected chi connectivity index (χ1v) is 10.6. The van der Waals surface area contributed by atoms with Crippen LogP contribution < -0.4 is 10.9 Å². The molecule has 1 amide bonds. The van der Waals surface area contributed by atoms with E-state index in [2.05, 4.69) is 12.2 Å². The smallest absolute Gasteiger partial charge is 0.408 e. The van der Waals surface area contributed by atoms with Gasteiger partial charge in [0.2, 0.25) is 0 Å². The van der Waals surface area contributed by atoms with Gasteiger partial charge in [-0.2, -0.15) is 0 Å². The average Bonchev–Trinajstić information content (AvgIpc) is 2.74. The summed E-state index contributed by atoms with van der Waals surface area (Å²) < 4.78 is 5.31. The van der Waals surface area contributed by atoms with E-state index < -0.39 is 23.3 Å². The van der Waals surface area contributed by atoms with E-state index in [4.69, 9.17) is 9.52 Å². The Kier molecular flexibility index (Phi) is 9.01. The molecule has 7 nitrogen and oxygen atoms in total. The molecule has 2 rings (SSSR count). The van der Waals surface area contributed by atoms with E-state index in [1.165, 1.54) is 17.8 Å². The quantitative estimate of drug-likeness (QED) is 0.344. The van der Waals surface area contributed by atoms with Crippen molar-refractivity contribution in [3.05, 3.63) is 81.1 Å². The minimum atomic E-state index is -1.15. The summed E-state index contributed by atoms with van der Waals surface area (Å²) >= 11 is 0. The fraction of sp³-hybridized carbons (Fsp3) is 0.320. The lowest BCUT2D eigenvalue weighted by molar-refractivity contribution is 0.102. The van der Waals surface area contributed by atoms with Crippen LogP contribution in [0.3, 0.4) is 0 Å². The molecule has 0 aliphatic heterocycles. The monoisotopic (exact) mass is 439 g/mol. The fourth-order valence-corrected chi connectivity index (χ4v) is 3.23. The number of hydrogen-bond donors (Lipinski definition) is 3. The van der Waals surface area contributed by atoms with Gasteiger partial charge in [0.05, 0.1) is 0 Å². The van der Waals surface area contributed by atoms with Crippen LogP contribution in [0.2, 0.25) is 0 Å². The van der Waals surface area contributed by atoms with E-state index in [9.17, 15) is 19.5 Å². The van der Waals surface area contributed by atoms with Gasteiger partial charge >= 0.3 is 11.7 Å². The topological polar surface area (TPSA) is 117 Å². The molecular formula is C25H29NO6. The van der Waals surface area contributed by atoms with Crippen molar-refractivity contribution in [3.63, 3.8) is 0 Å². The molecule has 0 spiro atoms. The third-order valence-electron chi connectivity index (χ3n) is 5.01. The van der Waals surface area contributed by atoms with Gasteiger partial charge in [0, 0.05) is 18.2 Å². The zero-order valence-corrected chi connectivity index (χ0v) is 18.6. The summed E-state index contributed by atoms with van der Waals surface area (Å²) in [5, 5.41) is 21.0. The molecule has 0 aliphatic rings. The number of rotatable bonds is 10. The van der Waals surface area contributed by atoms with Crippen LogP contribution in [0.15, 0.2) is 57.4 Å². The summed E-state index contributed by atoms with van der Waals surface area (Å²) in [6.45, 7) is 5.51. The summed E-state index contributed by atoms with van der Waals surface area (Å²) in [6, 6.07) is 9.13. The van der Waals surface area contributed by atoms with E-state index in [0.717, 1.165) is 18.4 Å². The maximum Gasteiger partial charge on any atom is 0.408 e. The minimum Gasteiger partial charge on any atom is -0.507 e. The summed E-state index contributed by atoms with van der Waals surface area (Å²) in [5.74, 6) is -0.958. The fourth-order valence-electron chi connectivity index (χ4n) is 3.23. The van der Waals surface area contributed by atoms with Crippen LogP contribution in [-0.2, 0) is 6.42 Å². The number of carbonyl (C=O) groups excluding carboxylic acids is 1. The molecule has 7 heteroatoms.